The van der Waals surface area contributed by atoms with E-state index < -0.39 is 0 Å². The maximum absolute atomic E-state index is 5.75. The largest absolute Gasteiger partial charge is 0.376 e. The molecular formula is C11H22O. The maximum atomic E-state index is 5.75. The van der Waals surface area contributed by atoms with Gasteiger partial charge in [0.15, 0.2) is 0 Å². The van der Waals surface area contributed by atoms with Crippen LogP contribution in [0.3, 0.4) is 0 Å². The molecule has 1 nitrogen and oxygen atoms in total. The SMILES string of the molecule is CCC1(CC)CC(OC(C)C)C1. The van der Waals surface area contributed by atoms with Gasteiger partial charge in [-0.1, -0.05) is 26.7 Å². The van der Waals surface area contributed by atoms with Crippen molar-refractivity contribution in [2.75, 3.05) is 0 Å². The Bertz CT molecular complexity index is 128. The molecule has 12 heavy (non-hydrogen) atoms. The van der Waals surface area contributed by atoms with Crippen LogP contribution >= 0.6 is 0 Å². The highest BCUT2D eigenvalue weighted by molar-refractivity contribution is 4.92. The number of ether oxygens (including phenoxy) is 1. The van der Waals surface area contributed by atoms with Gasteiger partial charge in [-0.05, 0) is 32.1 Å². The van der Waals surface area contributed by atoms with E-state index in [2.05, 4.69) is 27.7 Å². The minimum absolute atomic E-state index is 0.404. The molecule has 1 heteroatoms. The first-order valence-electron chi connectivity index (χ1n) is 5.27. The predicted octanol–water partition coefficient (Wildman–Crippen LogP) is 3.38. The summed E-state index contributed by atoms with van der Waals surface area (Å²) in [6, 6.07) is 0. The summed E-state index contributed by atoms with van der Waals surface area (Å²) in [7, 11) is 0. The van der Waals surface area contributed by atoms with Gasteiger partial charge in [-0.15, -0.1) is 0 Å². The average molecular weight is 170 g/mol. The second kappa shape index (κ2) is 3.78. The molecule has 1 aliphatic carbocycles. The van der Waals surface area contributed by atoms with E-state index in [1.807, 2.05) is 0 Å². The van der Waals surface area contributed by atoms with Gasteiger partial charge in [0.25, 0.3) is 0 Å². The van der Waals surface area contributed by atoms with E-state index in [4.69, 9.17) is 4.74 Å². The highest BCUT2D eigenvalue weighted by Gasteiger charge is 2.41. The summed E-state index contributed by atoms with van der Waals surface area (Å²) >= 11 is 0. The van der Waals surface area contributed by atoms with E-state index in [-0.39, 0.29) is 0 Å². The van der Waals surface area contributed by atoms with Crippen LogP contribution in [-0.4, -0.2) is 12.2 Å². The van der Waals surface area contributed by atoms with E-state index in [1.165, 1.54) is 25.7 Å². The summed E-state index contributed by atoms with van der Waals surface area (Å²) in [6.07, 6.45) is 6.19. The number of hydrogen-bond donors (Lipinski definition) is 0. The van der Waals surface area contributed by atoms with Crippen molar-refractivity contribution in [3.05, 3.63) is 0 Å². The summed E-state index contributed by atoms with van der Waals surface area (Å²) in [5.41, 5.74) is 0.638. The van der Waals surface area contributed by atoms with Crippen molar-refractivity contribution in [1.82, 2.24) is 0 Å². The van der Waals surface area contributed by atoms with Crippen molar-refractivity contribution in [2.24, 2.45) is 5.41 Å². The van der Waals surface area contributed by atoms with E-state index in [0.29, 0.717) is 17.6 Å². The monoisotopic (exact) mass is 170 g/mol. The zero-order valence-electron chi connectivity index (χ0n) is 8.89. The van der Waals surface area contributed by atoms with Crippen LogP contribution in [0.4, 0.5) is 0 Å². The van der Waals surface area contributed by atoms with E-state index in [9.17, 15) is 0 Å². The average Bonchev–Trinajstić information content (AvgIpc) is 1.95. The zero-order chi connectivity index (χ0) is 9.19. The Morgan fingerprint density at radius 2 is 1.75 bits per heavy atom. The molecule has 1 aliphatic rings. The van der Waals surface area contributed by atoms with Crippen LogP contribution in [0, 0.1) is 5.41 Å². The van der Waals surface area contributed by atoms with Crippen LogP contribution in [0.5, 0.6) is 0 Å². The quantitative estimate of drug-likeness (QED) is 0.628. The molecule has 0 bridgehead atoms. The summed E-state index contributed by atoms with van der Waals surface area (Å²) in [4.78, 5) is 0. The van der Waals surface area contributed by atoms with Crippen molar-refractivity contribution < 1.29 is 4.74 Å². The molecule has 0 aromatic heterocycles. The molecule has 0 aliphatic heterocycles. The Morgan fingerprint density at radius 1 is 1.25 bits per heavy atom. The van der Waals surface area contributed by atoms with Crippen molar-refractivity contribution in [3.63, 3.8) is 0 Å². The van der Waals surface area contributed by atoms with Crippen LogP contribution in [0.25, 0.3) is 0 Å². The van der Waals surface area contributed by atoms with Crippen molar-refractivity contribution in [3.8, 4) is 0 Å². The van der Waals surface area contributed by atoms with Crippen molar-refractivity contribution in [2.45, 2.75) is 65.6 Å². The molecule has 0 amide bonds. The van der Waals surface area contributed by atoms with Crippen LogP contribution in [0.1, 0.15) is 53.4 Å². The fourth-order valence-electron chi connectivity index (χ4n) is 2.21. The number of rotatable bonds is 4. The Hall–Kier alpha value is -0.0400. The van der Waals surface area contributed by atoms with Gasteiger partial charge < -0.3 is 4.74 Å². The van der Waals surface area contributed by atoms with Gasteiger partial charge in [0, 0.05) is 0 Å². The zero-order valence-corrected chi connectivity index (χ0v) is 8.89. The third kappa shape index (κ3) is 2.01. The third-order valence-electron chi connectivity index (χ3n) is 3.29. The molecule has 0 spiro atoms. The van der Waals surface area contributed by atoms with Gasteiger partial charge in [-0.25, -0.2) is 0 Å². The second-order valence-electron chi connectivity index (χ2n) is 4.42. The molecular weight excluding hydrogens is 148 g/mol. The third-order valence-corrected chi connectivity index (χ3v) is 3.29. The van der Waals surface area contributed by atoms with Crippen molar-refractivity contribution in [1.29, 1.82) is 0 Å². The van der Waals surface area contributed by atoms with Gasteiger partial charge in [0.1, 0.15) is 0 Å². The van der Waals surface area contributed by atoms with Gasteiger partial charge in [0.05, 0.1) is 12.2 Å². The summed E-state index contributed by atoms with van der Waals surface area (Å²) in [5.74, 6) is 0. The molecule has 0 unspecified atom stereocenters. The van der Waals surface area contributed by atoms with E-state index >= 15 is 0 Å². The molecule has 0 aromatic carbocycles. The minimum atomic E-state index is 0.404. The van der Waals surface area contributed by atoms with Crippen LogP contribution in [-0.2, 0) is 4.74 Å². The van der Waals surface area contributed by atoms with Crippen LogP contribution in [0.15, 0.2) is 0 Å². The highest BCUT2D eigenvalue weighted by Crippen LogP contribution is 2.48. The first-order chi connectivity index (χ1) is 5.62. The van der Waals surface area contributed by atoms with Gasteiger partial charge in [0.2, 0.25) is 0 Å². The van der Waals surface area contributed by atoms with E-state index in [1.54, 1.807) is 0 Å². The lowest BCUT2D eigenvalue weighted by atomic mass is 9.63. The molecule has 1 rings (SSSR count). The molecule has 72 valence electrons. The normalized spacial score (nSPS) is 22.8. The van der Waals surface area contributed by atoms with Gasteiger partial charge >= 0.3 is 0 Å². The summed E-state index contributed by atoms with van der Waals surface area (Å²) in [5, 5.41) is 0. The molecule has 1 saturated carbocycles. The maximum Gasteiger partial charge on any atom is 0.0589 e. The summed E-state index contributed by atoms with van der Waals surface area (Å²) < 4.78 is 5.75. The molecule has 0 saturated heterocycles. The highest BCUT2D eigenvalue weighted by atomic mass is 16.5. The topological polar surface area (TPSA) is 9.23 Å². The predicted molar refractivity (Wildman–Crippen MR) is 52.3 cm³/mol. The first-order valence-corrected chi connectivity index (χ1v) is 5.27. The fraction of sp³-hybridized carbons (Fsp3) is 1.00. The molecule has 1 fully saturated rings. The minimum Gasteiger partial charge on any atom is -0.376 e. The van der Waals surface area contributed by atoms with Gasteiger partial charge in [-0.3, -0.25) is 0 Å². The molecule has 0 radical (unpaired) electrons. The lowest BCUT2D eigenvalue weighted by Gasteiger charge is -2.47. The Morgan fingerprint density at radius 3 is 2.08 bits per heavy atom. The van der Waals surface area contributed by atoms with Crippen LogP contribution in [0.2, 0.25) is 0 Å². The summed E-state index contributed by atoms with van der Waals surface area (Å²) in [6.45, 7) is 8.85. The Labute approximate surface area is 76.5 Å². The van der Waals surface area contributed by atoms with Crippen LogP contribution < -0.4 is 0 Å². The lowest BCUT2D eigenvalue weighted by Crippen LogP contribution is -2.42. The molecule has 0 N–H and O–H groups in total. The van der Waals surface area contributed by atoms with Gasteiger partial charge in [-0.2, -0.15) is 0 Å². The second-order valence-corrected chi connectivity index (χ2v) is 4.42. The smallest absolute Gasteiger partial charge is 0.0589 e. The standard InChI is InChI=1S/C11H22O/c1-5-11(6-2)7-10(8-11)12-9(3)4/h9-10H,5-8H2,1-4H3. The Kier molecular flexibility index (Phi) is 3.16. The molecule has 0 atom stereocenters. The molecule has 0 aromatic rings. The van der Waals surface area contributed by atoms with E-state index in [0.717, 1.165) is 0 Å². The Balaban J connectivity index is 2.25. The lowest BCUT2D eigenvalue weighted by molar-refractivity contribution is -0.107. The first kappa shape index (κ1) is 10.0. The van der Waals surface area contributed by atoms with Crippen molar-refractivity contribution >= 4 is 0 Å². The molecule has 0 heterocycles. The fourth-order valence-corrected chi connectivity index (χ4v) is 2.21. The number of hydrogen-bond acceptors (Lipinski definition) is 1.